The van der Waals surface area contributed by atoms with Gasteiger partial charge in [0, 0.05) is 43.0 Å². The Balaban J connectivity index is 2.21. The normalized spacial score (nSPS) is 14.1. The van der Waals surface area contributed by atoms with Gasteiger partial charge >= 0.3 is 6.18 Å². The Kier molecular flexibility index (Phi) is 6.17. The van der Waals surface area contributed by atoms with Gasteiger partial charge in [-0.2, -0.15) is 13.2 Å². The largest absolute Gasteiger partial charge is 0.431 e. The van der Waals surface area contributed by atoms with E-state index in [4.69, 9.17) is 5.73 Å². The molecule has 0 saturated heterocycles. The maximum absolute atomic E-state index is 13.4. The fourth-order valence-corrected chi connectivity index (χ4v) is 3.61. The number of H-pyrrole nitrogens is 1. The average molecular weight is 437 g/mol. The molecule has 3 rings (SSSR count). The van der Waals surface area contributed by atoms with Crippen LogP contribution in [0.5, 0.6) is 0 Å². The third kappa shape index (κ3) is 4.66. The molecular formula is C18H18F3N7OS. The van der Waals surface area contributed by atoms with E-state index in [9.17, 15) is 18.3 Å². The van der Waals surface area contributed by atoms with Crippen molar-refractivity contribution < 1.29 is 18.3 Å². The van der Waals surface area contributed by atoms with Crippen LogP contribution in [-0.4, -0.2) is 50.7 Å². The summed E-state index contributed by atoms with van der Waals surface area (Å²) in [5.41, 5.74) is 4.36. The molecule has 0 aromatic carbocycles. The number of nitrogens with two attached hydrogens (primary N) is 1. The number of rotatable bonds is 6. The maximum Gasteiger partial charge on any atom is 0.431 e. The van der Waals surface area contributed by atoms with Crippen LogP contribution in [0.3, 0.4) is 0 Å². The molecule has 158 valence electrons. The van der Waals surface area contributed by atoms with Gasteiger partial charge < -0.3 is 21.1 Å². The summed E-state index contributed by atoms with van der Waals surface area (Å²) in [4.78, 5) is 19.6. The molecule has 0 aliphatic carbocycles. The van der Waals surface area contributed by atoms with Crippen molar-refractivity contribution in [2.24, 2.45) is 10.7 Å². The molecule has 1 unspecified atom stereocenters. The number of aromatic amines is 1. The number of hydrogen-bond acceptors (Lipinski definition) is 8. The molecule has 0 aliphatic heterocycles. The standard InChI is InChI=1S/C18H18F3N7OS/c1-9(29)27-12-7-10(3-4-24-12)17-28-13(14(30-17)16-25-5-6-26-16)11(8-23-2)15(22)18(19,20)21/h3-9,29H,22H2,1-2H3,(H,24,27)(H,25,26). The zero-order valence-corrected chi connectivity index (χ0v) is 16.7. The lowest BCUT2D eigenvalue weighted by molar-refractivity contribution is -0.0918. The van der Waals surface area contributed by atoms with E-state index < -0.39 is 18.1 Å². The van der Waals surface area contributed by atoms with Gasteiger partial charge in [-0.3, -0.25) is 4.99 Å². The molecule has 0 radical (unpaired) electrons. The molecule has 8 nitrogen and oxygen atoms in total. The number of nitrogens with one attached hydrogen (secondary N) is 2. The van der Waals surface area contributed by atoms with Crippen molar-refractivity contribution in [3.8, 4) is 21.3 Å². The van der Waals surface area contributed by atoms with Crippen LogP contribution < -0.4 is 11.1 Å². The van der Waals surface area contributed by atoms with Crippen LogP contribution in [0.2, 0.25) is 0 Å². The summed E-state index contributed by atoms with van der Waals surface area (Å²) in [6, 6.07) is 3.29. The first-order valence-corrected chi connectivity index (χ1v) is 9.43. The van der Waals surface area contributed by atoms with Crippen LogP contribution in [0.25, 0.3) is 26.8 Å². The van der Waals surface area contributed by atoms with Crippen LogP contribution in [0.4, 0.5) is 19.0 Å². The van der Waals surface area contributed by atoms with Gasteiger partial charge in [-0.1, -0.05) is 0 Å². The fraction of sp³-hybridized carbons (Fsp3) is 0.222. The number of imidazole rings is 1. The van der Waals surface area contributed by atoms with E-state index in [0.29, 0.717) is 27.1 Å². The first-order chi connectivity index (χ1) is 14.2. The van der Waals surface area contributed by atoms with Gasteiger partial charge in [-0.25, -0.2) is 15.0 Å². The number of nitrogens with zero attached hydrogens (tertiary/aromatic N) is 4. The number of pyridine rings is 1. The van der Waals surface area contributed by atoms with E-state index in [0.717, 1.165) is 17.6 Å². The van der Waals surface area contributed by atoms with Gasteiger partial charge in [0.2, 0.25) is 0 Å². The van der Waals surface area contributed by atoms with Crippen molar-refractivity contribution in [3.63, 3.8) is 0 Å². The van der Waals surface area contributed by atoms with Crippen molar-refractivity contribution in [3.05, 3.63) is 42.1 Å². The van der Waals surface area contributed by atoms with E-state index >= 15 is 0 Å². The predicted molar refractivity (Wildman–Crippen MR) is 110 cm³/mol. The Labute approximate surface area is 173 Å². The van der Waals surface area contributed by atoms with Crippen LogP contribution >= 0.6 is 11.3 Å². The number of aliphatic hydroxyl groups is 1. The smallest absolute Gasteiger partial charge is 0.394 e. The fourth-order valence-electron chi connectivity index (χ4n) is 2.57. The zero-order chi connectivity index (χ0) is 21.9. The number of aromatic nitrogens is 4. The van der Waals surface area contributed by atoms with E-state index in [2.05, 4.69) is 30.2 Å². The van der Waals surface area contributed by atoms with Crippen molar-refractivity contribution in [1.29, 1.82) is 0 Å². The van der Waals surface area contributed by atoms with Gasteiger partial charge in [0.1, 0.15) is 28.6 Å². The number of aliphatic imine (C=N–C) groups is 1. The summed E-state index contributed by atoms with van der Waals surface area (Å²) in [6.45, 7) is 1.53. The highest BCUT2D eigenvalue weighted by atomic mass is 32.1. The topological polar surface area (TPSA) is 125 Å². The Morgan fingerprint density at radius 3 is 2.73 bits per heavy atom. The highest BCUT2D eigenvalue weighted by molar-refractivity contribution is 7.18. The zero-order valence-electron chi connectivity index (χ0n) is 15.9. The van der Waals surface area contributed by atoms with Gasteiger partial charge in [0.15, 0.2) is 0 Å². The number of aliphatic hydroxyl groups excluding tert-OH is 1. The van der Waals surface area contributed by atoms with Crippen molar-refractivity contribution in [2.45, 2.75) is 19.3 Å². The molecule has 3 aromatic heterocycles. The van der Waals surface area contributed by atoms with Gasteiger partial charge in [0.25, 0.3) is 0 Å². The van der Waals surface area contributed by atoms with Crippen LogP contribution in [0, 0.1) is 0 Å². The van der Waals surface area contributed by atoms with Crippen molar-refractivity contribution in [1.82, 2.24) is 19.9 Å². The molecule has 0 spiro atoms. The van der Waals surface area contributed by atoms with E-state index in [-0.39, 0.29) is 11.3 Å². The molecule has 30 heavy (non-hydrogen) atoms. The van der Waals surface area contributed by atoms with Crippen LogP contribution in [0.15, 0.2) is 41.4 Å². The second-order valence-electron chi connectivity index (χ2n) is 6.10. The number of anilines is 1. The average Bonchev–Trinajstić information content (AvgIpc) is 3.34. The third-order valence-electron chi connectivity index (χ3n) is 3.81. The van der Waals surface area contributed by atoms with Crippen molar-refractivity contribution in [2.75, 3.05) is 12.4 Å². The lowest BCUT2D eigenvalue weighted by Gasteiger charge is -2.11. The molecule has 5 N–H and O–H groups in total. The van der Waals surface area contributed by atoms with Crippen LogP contribution in [-0.2, 0) is 0 Å². The maximum atomic E-state index is 13.4. The highest BCUT2D eigenvalue weighted by Crippen LogP contribution is 2.39. The molecule has 0 saturated carbocycles. The predicted octanol–water partition coefficient (Wildman–Crippen LogP) is 3.28. The first kappa shape index (κ1) is 21.5. The van der Waals surface area contributed by atoms with E-state index in [1.54, 1.807) is 18.3 Å². The minimum absolute atomic E-state index is 0.00669. The molecular weight excluding hydrogens is 419 g/mol. The van der Waals surface area contributed by atoms with Gasteiger partial charge in [-0.05, 0) is 19.1 Å². The molecule has 0 fully saturated rings. The van der Waals surface area contributed by atoms with E-state index in [1.807, 2.05) is 0 Å². The summed E-state index contributed by atoms with van der Waals surface area (Å²) in [6.07, 6.45) is -0.0188. The molecule has 0 amide bonds. The number of halogens is 3. The monoisotopic (exact) mass is 437 g/mol. The molecule has 3 aromatic rings. The minimum Gasteiger partial charge on any atom is -0.394 e. The summed E-state index contributed by atoms with van der Waals surface area (Å²) in [7, 11) is 1.35. The molecule has 0 bridgehead atoms. The lowest BCUT2D eigenvalue weighted by atomic mass is 10.1. The Bertz CT molecular complexity index is 1070. The Hall–Kier alpha value is -3.25. The molecule has 0 aliphatic rings. The lowest BCUT2D eigenvalue weighted by Crippen LogP contribution is -2.22. The van der Waals surface area contributed by atoms with Crippen LogP contribution in [0.1, 0.15) is 12.6 Å². The third-order valence-corrected chi connectivity index (χ3v) is 4.92. The highest BCUT2D eigenvalue weighted by Gasteiger charge is 2.36. The summed E-state index contributed by atoms with van der Waals surface area (Å²) in [5, 5.41) is 12.7. The summed E-state index contributed by atoms with van der Waals surface area (Å²) < 4.78 is 40.1. The van der Waals surface area contributed by atoms with Gasteiger partial charge in [0.05, 0.1) is 10.6 Å². The number of hydrogen-bond donors (Lipinski definition) is 4. The summed E-state index contributed by atoms with van der Waals surface area (Å²) in [5.74, 6) is 0.738. The SMILES string of the molecule is CN=CC(=C(N)C(F)(F)F)c1nc(-c2ccnc(NC(C)O)c2)sc1-c1ncc[nH]1. The number of thiazole rings is 1. The second-order valence-corrected chi connectivity index (χ2v) is 7.10. The number of alkyl halides is 3. The molecule has 3 heterocycles. The van der Waals surface area contributed by atoms with Crippen molar-refractivity contribution >= 4 is 28.9 Å². The first-order valence-electron chi connectivity index (χ1n) is 8.61. The van der Waals surface area contributed by atoms with E-state index in [1.165, 1.54) is 26.4 Å². The molecule has 12 heteroatoms. The van der Waals surface area contributed by atoms with Gasteiger partial charge in [-0.15, -0.1) is 11.3 Å². The number of allylic oxidation sites excluding steroid dienone is 2. The minimum atomic E-state index is -4.76. The summed E-state index contributed by atoms with van der Waals surface area (Å²) >= 11 is 1.14. The quantitative estimate of drug-likeness (QED) is 0.346. The Morgan fingerprint density at radius 2 is 2.13 bits per heavy atom. The Morgan fingerprint density at radius 1 is 1.37 bits per heavy atom. The second kappa shape index (κ2) is 8.63. The molecule has 1 atom stereocenters.